The summed E-state index contributed by atoms with van der Waals surface area (Å²) < 4.78 is 5.39. The van der Waals surface area contributed by atoms with Crippen LogP contribution in [0, 0.1) is 5.41 Å². The first-order valence-corrected chi connectivity index (χ1v) is 6.32. The van der Waals surface area contributed by atoms with Gasteiger partial charge in [0.25, 0.3) is 0 Å². The molecule has 1 aromatic carbocycles. The summed E-state index contributed by atoms with van der Waals surface area (Å²) in [7, 11) is 1.99. The highest BCUT2D eigenvalue weighted by molar-refractivity contribution is 5.83. The number of fused-ring (bicyclic) bond motifs is 1. The normalized spacial score (nSPS) is 19.7. The number of H-pyrrole nitrogens is 1. The Hall–Kier alpha value is -1.36. The van der Waals surface area contributed by atoms with Gasteiger partial charge in [0.2, 0.25) is 0 Å². The number of rotatable bonds is 4. The average Bonchev–Trinajstić information content (AvgIpc) is 2.77. The minimum Gasteiger partial charge on any atom is -0.380 e. The minimum absolute atomic E-state index is 0.0275. The Morgan fingerprint density at radius 1 is 1.44 bits per heavy atom. The van der Waals surface area contributed by atoms with Gasteiger partial charge in [0.15, 0.2) is 0 Å². The van der Waals surface area contributed by atoms with Gasteiger partial charge >= 0.3 is 0 Å². The van der Waals surface area contributed by atoms with Crippen LogP contribution in [0.1, 0.15) is 11.6 Å². The van der Waals surface area contributed by atoms with Crippen molar-refractivity contribution in [2.24, 2.45) is 11.1 Å². The van der Waals surface area contributed by atoms with Crippen LogP contribution in [0.4, 0.5) is 0 Å². The van der Waals surface area contributed by atoms with E-state index >= 15 is 0 Å². The first-order chi connectivity index (χ1) is 8.80. The van der Waals surface area contributed by atoms with Crippen molar-refractivity contribution in [2.45, 2.75) is 6.04 Å². The summed E-state index contributed by atoms with van der Waals surface area (Å²) in [4.78, 5) is 3.33. The molecule has 1 unspecified atom stereocenters. The molecule has 4 nitrogen and oxygen atoms in total. The molecule has 0 aliphatic carbocycles. The first-order valence-electron chi connectivity index (χ1n) is 6.32. The van der Waals surface area contributed by atoms with Gasteiger partial charge in [-0.1, -0.05) is 18.2 Å². The van der Waals surface area contributed by atoms with Gasteiger partial charge in [-0.25, -0.2) is 0 Å². The van der Waals surface area contributed by atoms with E-state index in [4.69, 9.17) is 10.5 Å². The maximum Gasteiger partial charge on any atom is 0.0575 e. The highest BCUT2D eigenvalue weighted by Crippen LogP contribution is 2.41. The van der Waals surface area contributed by atoms with Gasteiger partial charge in [0.1, 0.15) is 0 Å². The second-order valence-corrected chi connectivity index (χ2v) is 5.07. The number of hydrogen-bond donors (Lipinski definition) is 3. The smallest absolute Gasteiger partial charge is 0.0575 e. The summed E-state index contributed by atoms with van der Waals surface area (Å²) in [5.41, 5.74) is 8.44. The van der Waals surface area contributed by atoms with Gasteiger partial charge < -0.3 is 20.8 Å². The molecular weight excluding hydrogens is 226 g/mol. The standard InChI is InChI=1S/C14H19N3O/c1-16-13(14(7-15)8-18-9-14)11-6-17-12-5-3-2-4-10(11)12/h2-6,13,16-17H,7-9,15H2,1H3. The van der Waals surface area contributed by atoms with Crippen LogP contribution in [-0.4, -0.2) is 31.8 Å². The van der Waals surface area contributed by atoms with E-state index in [1.807, 2.05) is 13.1 Å². The third-order valence-corrected chi connectivity index (χ3v) is 4.02. The Morgan fingerprint density at radius 3 is 2.83 bits per heavy atom. The molecule has 0 amide bonds. The van der Waals surface area contributed by atoms with Crippen molar-refractivity contribution in [1.29, 1.82) is 0 Å². The number of para-hydroxylation sites is 1. The lowest BCUT2D eigenvalue weighted by Crippen LogP contribution is -2.55. The lowest BCUT2D eigenvalue weighted by Gasteiger charge is -2.46. The maximum atomic E-state index is 5.97. The molecule has 1 aliphatic heterocycles. The number of nitrogens with one attached hydrogen (secondary N) is 2. The van der Waals surface area contributed by atoms with E-state index in [1.165, 1.54) is 16.5 Å². The summed E-state index contributed by atoms with van der Waals surface area (Å²) in [5, 5.41) is 4.67. The topological polar surface area (TPSA) is 63.1 Å². The second kappa shape index (κ2) is 4.39. The predicted molar refractivity (Wildman–Crippen MR) is 72.4 cm³/mol. The van der Waals surface area contributed by atoms with Gasteiger partial charge in [-0.3, -0.25) is 0 Å². The Labute approximate surface area is 107 Å². The van der Waals surface area contributed by atoms with Crippen molar-refractivity contribution < 1.29 is 4.74 Å². The van der Waals surface area contributed by atoms with Gasteiger partial charge in [0.05, 0.1) is 13.2 Å². The molecule has 1 aromatic heterocycles. The monoisotopic (exact) mass is 245 g/mol. The van der Waals surface area contributed by atoms with Crippen molar-refractivity contribution in [1.82, 2.24) is 10.3 Å². The molecule has 0 bridgehead atoms. The van der Waals surface area contributed by atoms with Gasteiger partial charge in [-0.05, 0) is 18.7 Å². The van der Waals surface area contributed by atoms with E-state index in [0.717, 1.165) is 13.2 Å². The zero-order valence-corrected chi connectivity index (χ0v) is 10.6. The Bertz CT molecular complexity index is 539. The molecule has 1 atom stereocenters. The summed E-state index contributed by atoms with van der Waals surface area (Å²) in [5.74, 6) is 0. The van der Waals surface area contributed by atoms with Crippen molar-refractivity contribution in [3.05, 3.63) is 36.0 Å². The molecule has 2 heterocycles. The Morgan fingerprint density at radius 2 is 2.22 bits per heavy atom. The van der Waals surface area contributed by atoms with E-state index < -0.39 is 0 Å². The lowest BCUT2D eigenvalue weighted by molar-refractivity contribution is -0.126. The van der Waals surface area contributed by atoms with Crippen LogP contribution in [0.3, 0.4) is 0 Å². The number of aromatic amines is 1. The number of hydrogen-bond acceptors (Lipinski definition) is 3. The van der Waals surface area contributed by atoms with E-state index in [9.17, 15) is 0 Å². The maximum absolute atomic E-state index is 5.97. The molecule has 0 radical (unpaired) electrons. The fraction of sp³-hybridized carbons (Fsp3) is 0.429. The van der Waals surface area contributed by atoms with E-state index in [2.05, 4.69) is 34.7 Å². The molecule has 4 N–H and O–H groups in total. The van der Waals surface area contributed by atoms with Crippen LogP contribution in [0.15, 0.2) is 30.5 Å². The highest BCUT2D eigenvalue weighted by atomic mass is 16.5. The van der Waals surface area contributed by atoms with Crippen LogP contribution in [-0.2, 0) is 4.74 Å². The summed E-state index contributed by atoms with van der Waals surface area (Å²) in [6.07, 6.45) is 2.08. The zero-order chi connectivity index (χ0) is 12.6. The van der Waals surface area contributed by atoms with Crippen LogP contribution < -0.4 is 11.1 Å². The summed E-state index contributed by atoms with van der Waals surface area (Å²) in [6, 6.07) is 8.58. The van der Waals surface area contributed by atoms with Crippen LogP contribution in [0.2, 0.25) is 0 Å². The van der Waals surface area contributed by atoms with E-state index in [0.29, 0.717) is 6.54 Å². The van der Waals surface area contributed by atoms with E-state index in [1.54, 1.807) is 0 Å². The van der Waals surface area contributed by atoms with Crippen LogP contribution in [0.5, 0.6) is 0 Å². The SMILES string of the molecule is CNC(c1c[nH]c2ccccc12)C1(CN)COC1. The minimum atomic E-state index is 0.0275. The van der Waals surface area contributed by atoms with Crippen molar-refractivity contribution >= 4 is 10.9 Å². The summed E-state index contributed by atoms with van der Waals surface area (Å²) in [6.45, 7) is 2.10. The molecule has 3 rings (SSSR count). The number of benzene rings is 1. The largest absolute Gasteiger partial charge is 0.380 e. The van der Waals surface area contributed by atoms with Crippen molar-refractivity contribution in [3.63, 3.8) is 0 Å². The lowest BCUT2D eigenvalue weighted by atomic mass is 9.75. The molecule has 1 saturated heterocycles. The number of aromatic nitrogens is 1. The number of nitrogens with two attached hydrogens (primary N) is 1. The van der Waals surface area contributed by atoms with E-state index in [-0.39, 0.29) is 11.5 Å². The molecule has 4 heteroatoms. The van der Waals surface area contributed by atoms with Crippen LogP contribution >= 0.6 is 0 Å². The molecule has 1 fully saturated rings. The molecule has 2 aromatic rings. The zero-order valence-electron chi connectivity index (χ0n) is 10.6. The Kier molecular flexibility index (Phi) is 2.86. The fourth-order valence-corrected chi connectivity index (χ4v) is 2.89. The van der Waals surface area contributed by atoms with Crippen LogP contribution in [0.25, 0.3) is 10.9 Å². The molecule has 0 spiro atoms. The highest BCUT2D eigenvalue weighted by Gasteiger charge is 2.45. The molecule has 1 aliphatic rings. The third-order valence-electron chi connectivity index (χ3n) is 4.02. The molecule has 96 valence electrons. The average molecular weight is 245 g/mol. The van der Waals surface area contributed by atoms with Crippen molar-refractivity contribution in [2.75, 3.05) is 26.8 Å². The first kappa shape index (κ1) is 11.7. The van der Waals surface area contributed by atoms with Crippen molar-refractivity contribution in [3.8, 4) is 0 Å². The molecule has 0 saturated carbocycles. The Balaban J connectivity index is 2.06. The third kappa shape index (κ3) is 1.57. The van der Waals surface area contributed by atoms with Gasteiger partial charge in [0, 0.05) is 35.1 Å². The molecular formula is C14H19N3O. The fourth-order valence-electron chi connectivity index (χ4n) is 2.89. The summed E-state index contributed by atoms with van der Waals surface area (Å²) >= 11 is 0. The van der Waals surface area contributed by atoms with Gasteiger partial charge in [-0.2, -0.15) is 0 Å². The second-order valence-electron chi connectivity index (χ2n) is 5.07. The predicted octanol–water partition coefficient (Wildman–Crippen LogP) is 1.40. The molecule has 18 heavy (non-hydrogen) atoms. The quantitative estimate of drug-likeness (QED) is 0.763. The number of ether oxygens (including phenoxy) is 1. The van der Waals surface area contributed by atoms with Gasteiger partial charge in [-0.15, -0.1) is 0 Å².